The molecule has 1 amide bonds. The lowest BCUT2D eigenvalue weighted by Gasteiger charge is -2.05. The molecule has 0 aliphatic heterocycles. The molecule has 15 heavy (non-hydrogen) atoms. The summed E-state index contributed by atoms with van der Waals surface area (Å²) in [5.41, 5.74) is 1.34. The highest BCUT2D eigenvalue weighted by Crippen LogP contribution is 2.16. The molecule has 0 atom stereocenters. The average Bonchev–Trinajstić information content (AvgIpc) is 2.70. The summed E-state index contributed by atoms with van der Waals surface area (Å²) < 4.78 is 0. The number of likely N-dealkylation sites (N-methyl/N-ethyl adjacent to an activating group) is 1. The fourth-order valence-electron chi connectivity index (χ4n) is 1.32. The van der Waals surface area contributed by atoms with E-state index < -0.39 is 0 Å². The monoisotopic (exact) mass is 226 g/mol. The lowest BCUT2D eigenvalue weighted by atomic mass is 10.2. The van der Waals surface area contributed by atoms with Gasteiger partial charge in [-0.25, -0.2) is 0 Å². The zero-order valence-electron chi connectivity index (χ0n) is 9.30. The van der Waals surface area contributed by atoms with Crippen LogP contribution >= 0.6 is 11.3 Å². The summed E-state index contributed by atoms with van der Waals surface area (Å²) in [4.78, 5) is 12.6. The standard InChI is InChI=1S/C11H18N2OS/c1-3-9-5-6-15-10(9)7-13-11(14)8-12-4-2/h5-6,12H,3-4,7-8H2,1-2H3,(H,13,14). The maximum Gasteiger partial charge on any atom is 0.234 e. The number of rotatable bonds is 6. The molecule has 1 aromatic rings. The third-order valence-corrected chi connectivity index (χ3v) is 3.16. The van der Waals surface area contributed by atoms with Crippen LogP contribution in [0.4, 0.5) is 0 Å². The molecule has 0 bridgehead atoms. The van der Waals surface area contributed by atoms with Crippen molar-refractivity contribution < 1.29 is 4.79 Å². The Morgan fingerprint density at radius 3 is 2.93 bits per heavy atom. The summed E-state index contributed by atoms with van der Waals surface area (Å²) in [7, 11) is 0. The van der Waals surface area contributed by atoms with Crippen LogP contribution < -0.4 is 10.6 Å². The van der Waals surface area contributed by atoms with Crippen LogP contribution in [0.15, 0.2) is 11.4 Å². The van der Waals surface area contributed by atoms with Crippen molar-refractivity contribution in [2.45, 2.75) is 26.8 Å². The second-order valence-electron chi connectivity index (χ2n) is 3.28. The Morgan fingerprint density at radius 2 is 2.27 bits per heavy atom. The quantitative estimate of drug-likeness (QED) is 0.772. The molecule has 3 nitrogen and oxygen atoms in total. The molecule has 0 radical (unpaired) electrons. The molecule has 2 N–H and O–H groups in total. The maximum atomic E-state index is 11.3. The Labute approximate surface area is 94.9 Å². The van der Waals surface area contributed by atoms with Gasteiger partial charge in [0.05, 0.1) is 13.1 Å². The van der Waals surface area contributed by atoms with Crippen molar-refractivity contribution in [3.63, 3.8) is 0 Å². The van der Waals surface area contributed by atoms with Gasteiger partial charge in [-0.15, -0.1) is 11.3 Å². The Hall–Kier alpha value is -0.870. The van der Waals surface area contributed by atoms with E-state index in [1.54, 1.807) is 11.3 Å². The predicted octanol–water partition coefficient (Wildman–Crippen LogP) is 1.54. The van der Waals surface area contributed by atoms with E-state index in [0.717, 1.165) is 13.0 Å². The van der Waals surface area contributed by atoms with Gasteiger partial charge in [-0.3, -0.25) is 4.79 Å². The van der Waals surface area contributed by atoms with Crippen molar-refractivity contribution in [1.82, 2.24) is 10.6 Å². The average molecular weight is 226 g/mol. The van der Waals surface area contributed by atoms with Gasteiger partial charge in [-0.1, -0.05) is 13.8 Å². The third kappa shape index (κ3) is 4.01. The lowest BCUT2D eigenvalue weighted by molar-refractivity contribution is -0.120. The van der Waals surface area contributed by atoms with Crippen molar-refractivity contribution in [1.29, 1.82) is 0 Å². The summed E-state index contributed by atoms with van der Waals surface area (Å²) in [6.45, 7) is 6.01. The number of hydrogen-bond donors (Lipinski definition) is 2. The molecule has 0 saturated heterocycles. The first-order chi connectivity index (χ1) is 7.27. The minimum Gasteiger partial charge on any atom is -0.350 e. The smallest absolute Gasteiger partial charge is 0.234 e. The highest BCUT2D eigenvalue weighted by molar-refractivity contribution is 7.10. The van der Waals surface area contributed by atoms with Crippen molar-refractivity contribution in [2.75, 3.05) is 13.1 Å². The van der Waals surface area contributed by atoms with E-state index in [4.69, 9.17) is 0 Å². The van der Waals surface area contributed by atoms with E-state index in [1.807, 2.05) is 6.92 Å². The fourth-order valence-corrected chi connectivity index (χ4v) is 2.23. The van der Waals surface area contributed by atoms with Crippen LogP contribution in [-0.4, -0.2) is 19.0 Å². The topological polar surface area (TPSA) is 41.1 Å². The minimum absolute atomic E-state index is 0.0623. The maximum absolute atomic E-state index is 11.3. The summed E-state index contributed by atoms with van der Waals surface area (Å²) in [5, 5.41) is 7.98. The van der Waals surface area contributed by atoms with Gasteiger partial charge in [0.15, 0.2) is 0 Å². The van der Waals surface area contributed by atoms with Crippen LogP contribution in [0.5, 0.6) is 0 Å². The van der Waals surface area contributed by atoms with Gasteiger partial charge in [0.2, 0.25) is 5.91 Å². The number of aryl methyl sites for hydroxylation is 1. The first-order valence-electron chi connectivity index (χ1n) is 5.30. The number of carbonyl (C=O) groups excluding carboxylic acids is 1. The van der Waals surface area contributed by atoms with Gasteiger partial charge in [-0.2, -0.15) is 0 Å². The lowest BCUT2D eigenvalue weighted by Crippen LogP contribution is -2.33. The van der Waals surface area contributed by atoms with Gasteiger partial charge in [0, 0.05) is 4.88 Å². The Bertz CT molecular complexity index is 309. The first kappa shape index (κ1) is 12.2. The van der Waals surface area contributed by atoms with E-state index in [0.29, 0.717) is 13.1 Å². The molecule has 0 fully saturated rings. The van der Waals surface area contributed by atoms with Crippen LogP contribution in [0.3, 0.4) is 0 Å². The van der Waals surface area contributed by atoms with E-state index in [-0.39, 0.29) is 5.91 Å². The van der Waals surface area contributed by atoms with Gasteiger partial charge in [0.1, 0.15) is 0 Å². The van der Waals surface area contributed by atoms with E-state index in [9.17, 15) is 4.79 Å². The molecule has 0 saturated carbocycles. The van der Waals surface area contributed by atoms with Gasteiger partial charge in [-0.05, 0) is 30.0 Å². The van der Waals surface area contributed by atoms with Crippen molar-refractivity contribution in [3.8, 4) is 0 Å². The molecule has 4 heteroatoms. The summed E-state index contributed by atoms with van der Waals surface area (Å²) >= 11 is 1.70. The van der Waals surface area contributed by atoms with Gasteiger partial charge >= 0.3 is 0 Å². The van der Waals surface area contributed by atoms with E-state index in [2.05, 4.69) is 29.0 Å². The molecule has 0 unspecified atom stereocenters. The third-order valence-electron chi connectivity index (χ3n) is 2.20. The number of carbonyl (C=O) groups is 1. The molecule has 1 heterocycles. The second kappa shape index (κ2) is 6.58. The molecule has 1 aromatic heterocycles. The van der Waals surface area contributed by atoms with Crippen LogP contribution in [-0.2, 0) is 17.8 Å². The van der Waals surface area contributed by atoms with Gasteiger partial charge in [0.25, 0.3) is 0 Å². The normalized spacial score (nSPS) is 10.3. The number of nitrogens with one attached hydrogen (secondary N) is 2. The van der Waals surface area contributed by atoms with Crippen molar-refractivity contribution in [3.05, 3.63) is 21.9 Å². The molecular formula is C11H18N2OS. The first-order valence-corrected chi connectivity index (χ1v) is 6.18. The molecule has 0 aliphatic carbocycles. The molecule has 1 rings (SSSR count). The number of amides is 1. The van der Waals surface area contributed by atoms with Crippen molar-refractivity contribution >= 4 is 17.2 Å². The summed E-state index contributed by atoms with van der Waals surface area (Å²) in [6, 6.07) is 2.12. The zero-order chi connectivity index (χ0) is 11.1. The van der Waals surface area contributed by atoms with Crippen LogP contribution in [0.1, 0.15) is 24.3 Å². The molecule has 0 aromatic carbocycles. The molecule has 84 valence electrons. The summed E-state index contributed by atoms with van der Waals surface area (Å²) in [5.74, 6) is 0.0623. The number of thiophene rings is 1. The zero-order valence-corrected chi connectivity index (χ0v) is 10.1. The minimum atomic E-state index is 0.0623. The van der Waals surface area contributed by atoms with E-state index >= 15 is 0 Å². The van der Waals surface area contributed by atoms with Crippen molar-refractivity contribution in [2.24, 2.45) is 0 Å². The molecule has 0 aliphatic rings. The Balaban J connectivity index is 2.33. The van der Waals surface area contributed by atoms with E-state index in [1.165, 1.54) is 10.4 Å². The predicted molar refractivity (Wildman–Crippen MR) is 64.1 cm³/mol. The van der Waals surface area contributed by atoms with Gasteiger partial charge < -0.3 is 10.6 Å². The highest BCUT2D eigenvalue weighted by Gasteiger charge is 2.04. The van der Waals surface area contributed by atoms with Crippen LogP contribution in [0.2, 0.25) is 0 Å². The second-order valence-corrected chi connectivity index (χ2v) is 4.28. The SMILES string of the molecule is CCNCC(=O)NCc1sccc1CC. The van der Waals surface area contributed by atoms with Crippen LogP contribution in [0, 0.1) is 0 Å². The Morgan fingerprint density at radius 1 is 1.47 bits per heavy atom. The van der Waals surface area contributed by atoms with Crippen LogP contribution in [0.25, 0.3) is 0 Å². The molecule has 0 spiro atoms. The molecular weight excluding hydrogens is 208 g/mol. The largest absolute Gasteiger partial charge is 0.350 e. The summed E-state index contributed by atoms with van der Waals surface area (Å²) in [6.07, 6.45) is 1.03. The highest BCUT2D eigenvalue weighted by atomic mass is 32.1. The fraction of sp³-hybridized carbons (Fsp3) is 0.545. The Kier molecular flexibility index (Phi) is 5.36. The number of hydrogen-bond acceptors (Lipinski definition) is 3.